The van der Waals surface area contributed by atoms with Crippen LogP contribution in [0.1, 0.15) is 12.8 Å². The minimum atomic E-state index is 0.231. The van der Waals surface area contributed by atoms with Crippen LogP contribution < -0.4 is 0 Å². The van der Waals surface area contributed by atoms with E-state index >= 15 is 0 Å². The summed E-state index contributed by atoms with van der Waals surface area (Å²) in [6.45, 7) is 0. The normalized spacial score (nSPS) is 17.7. The Morgan fingerprint density at radius 1 is 1.64 bits per heavy atom. The van der Waals surface area contributed by atoms with E-state index in [0.717, 1.165) is 0 Å². The van der Waals surface area contributed by atoms with Crippen LogP contribution in [0.2, 0.25) is 0 Å². The van der Waals surface area contributed by atoms with Gasteiger partial charge in [-0.1, -0.05) is 0 Å². The fourth-order valence-electron chi connectivity index (χ4n) is 0.944. The Hall–Kier alpha value is -1.32. The molecule has 1 aliphatic rings. The number of aliphatic hydroxyl groups excluding tert-OH is 1. The largest absolute Gasteiger partial charge is 0.512 e. The Morgan fingerprint density at radius 3 is 2.91 bits per heavy atom. The molecule has 4 nitrogen and oxygen atoms in total. The molecule has 0 unspecified atom stereocenters. The lowest BCUT2D eigenvalue weighted by Crippen LogP contribution is -1.98. The van der Waals surface area contributed by atoms with Crippen molar-refractivity contribution in [3.63, 3.8) is 0 Å². The molecule has 0 amide bonds. The number of allylic oxidation sites excluding steroid dienone is 3. The second-order valence-electron chi connectivity index (χ2n) is 2.24. The average Bonchev–Trinajstić information content (AvgIpc) is 2.04. The summed E-state index contributed by atoms with van der Waals surface area (Å²) in [4.78, 5) is 10.1. The van der Waals surface area contributed by atoms with Crippen LogP contribution in [0.15, 0.2) is 28.5 Å². The van der Waals surface area contributed by atoms with Crippen molar-refractivity contribution in [2.24, 2.45) is 5.18 Å². The van der Waals surface area contributed by atoms with Crippen LogP contribution in [-0.4, -0.2) is 12.2 Å². The van der Waals surface area contributed by atoms with Crippen LogP contribution in [0.4, 0.5) is 0 Å². The van der Waals surface area contributed by atoms with Gasteiger partial charge in [0, 0.05) is 18.9 Å². The highest BCUT2D eigenvalue weighted by molar-refractivity contribution is 5.25. The topological polar surface area (TPSA) is 58.9 Å². The molecule has 0 radical (unpaired) electrons. The van der Waals surface area contributed by atoms with E-state index in [2.05, 4.69) is 5.18 Å². The Kier molecular flexibility index (Phi) is 2.25. The van der Waals surface area contributed by atoms with Gasteiger partial charge in [-0.15, -0.1) is 4.91 Å². The van der Waals surface area contributed by atoms with E-state index < -0.39 is 0 Å². The van der Waals surface area contributed by atoms with Gasteiger partial charge in [-0.25, -0.2) is 0 Å². The van der Waals surface area contributed by atoms with Gasteiger partial charge in [-0.05, 0) is 5.18 Å². The third-order valence-corrected chi connectivity index (χ3v) is 1.53. The Morgan fingerprint density at radius 2 is 2.36 bits per heavy atom. The molecule has 0 saturated heterocycles. The van der Waals surface area contributed by atoms with E-state index in [1.165, 1.54) is 13.2 Å². The summed E-state index contributed by atoms with van der Waals surface area (Å²) < 4.78 is 4.81. The van der Waals surface area contributed by atoms with E-state index in [9.17, 15) is 4.91 Å². The quantitative estimate of drug-likeness (QED) is 0.619. The maximum Gasteiger partial charge on any atom is 0.147 e. The summed E-state index contributed by atoms with van der Waals surface area (Å²) in [6, 6.07) is 0. The summed E-state index contributed by atoms with van der Waals surface area (Å²) >= 11 is 0. The summed E-state index contributed by atoms with van der Waals surface area (Å²) in [6.07, 6.45) is 2.34. The molecular formula is C7H9NO3. The van der Waals surface area contributed by atoms with E-state index in [0.29, 0.717) is 24.3 Å². The van der Waals surface area contributed by atoms with Gasteiger partial charge in [0.25, 0.3) is 0 Å². The molecule has 1 rings (SSSR count). The Labute approximate surface area is 64.1 Å². The third-order valence-electron chi connectivity index (χ3n) is 1.53. The van der Waals surface area contributed by atoms with Crippen molar-refractivity contribution in [3.05, 3.63) is 28.2 Å². The van der Waals surface area contributed by atoms with Crippen LogP contribution in [0.5, 0.6) is 0 Å². The first-order valence-electron chi connectivity index (χ1n) is 3.28. The molecule has 60 valence electrons. The van der Waals surface area contributed by atoms with Gasteiger partial charge in [-0.2, -0.15) is 0 Å². The first kappa shape index (κ1) is 7.78. The van der Waals surface area contributed by atoms with Crippen LogP contribution in [-0.2, 0) is 4.74 Å². The number of nitroso groups, excluding NO2 is 1. The minimum absolute atomic E-state index is 0.231. The zero-order valence-electron chi connectivity index (χ0n) is 6.20. The first-order valence-corrected chi connectivity index (χ1v) is 3.28. The zero-order chi connectivity index (χ0) is 8.27. The first-order chi connectivity index (χ1) is 5.27. The van der Waals surface area contributed by atoms with Crippen molar-refractivity contribution in [1.82, 2.24) is 0 Å². The third kappa shape index (κ3) is 1.58. The lowest BCUT2D eigenvalue weighted by Gasteiger charge is -2.10. The van der Waals surface area contributed by atoms with Gasteiger partial charge in [-0.3, -0.25) is 0 Å². The molecule has 0 aromatic rings. The molecule has 1 aliphatic carbocycles. The minimum Gasteiger partial charge on any atom is -0.512 e. The highest BCUT2D eigenvalue weighted by Gasteiger charge is 2.13. The van der Waals surface area contributed by atoms with Gasteiger partial charge < -0.3 is 9.84 Å². The van der Waals surface area contributed by atoms with Gasteiger partial charge in [0.15, 0.2) is 0 Å². The Bertz CT molecular complexity index is 230. The smallest absolute Gasteiger partial charge is 0.147 e. The molecular weight excluding hydrogens is 146 g/mol. The van der Waals surface area contributed by atoms with Gasteiger partial charge in [0.05, 0.1) is 12.9 Å². The van der Waals surface area contributed by atoms with E-state index in [1.54, 1.807) is 0 Å². The average molecular weight is 155 g/mol. The molecule has 0 fully saturated rings. The molecule has 1 N–H and O–H groups in total. The van der Waals surface area contributed by atoms with Gasteiger partial charge >= 0.3 is 0 Å². The maximum absolute atomic E-state index is 10.1. The number of rotatable bonds is 2. The van der Waals surface area contributed by atoms with Crippen molar-refractivity contribution in [2.45, 2.75) is 12.8 Å². The van der Waals surface area contributed by atoms with Crippen molar-refractivity contribution < 1.29 is 9.84 Å². The number of ether oxygens (including phenoxy) is 1. The zero-order valence-corrected chi connectivity index (χ0v) is 6.20. The summed E-state index contributed by atoms with van der Waals surface area (Å²) in [7, 11) is 1.44. The Balaban J connectivity index is 2.92. The number of hydrogen-bond acceptors (Lipinski definition) is 4. The fraction of sp³-hybridized carbons (Fsp3) is 0.429. The van der Waals surface area contributed by atoms with Gasteiger partial charge in [0.1, 0.15) is 11.5 Å². The molecule has 4 heteroatoms. The lowest BCUT2D eigenvalue weighted by molar-refractivity contribution is 0.286. The molecule has 11 heavy (non-hydrogen) atoms. The van der Waals surface area contributed by atoms with Crippen LogP contribution >= 0.6 is 0 Å². The fourth-order valence-corrected chi connectivity index (χ4v) is 0.944. The van der Waals surface area contributed by atoms with Crippen LogP contribution in [0.3, 0.4) is 0 Å². The summed E-state index contributed by atoms with van der Waals surface area (Å²) in [5, 5.41) is 11.8. The molecule has 0 spiro atoms. The number of aliphatic hydroxyl groups is 1. The highest BCUT2D eigenvalue weighted by atomic mass is 16.5. The number of nitrogens with zero attached hydrogens (tertiary/aromatic N) is 1. The molecule has 0 atom stereocenters. The molecule has 0 saturated carbocycles. The standard InChI is InChI=1S/C7H9NO3/c1-11-7-4-5(9)2-3-6(7)8-10/h4,9H,2-3H2,1H3. The second kappa shape index (κ2) is 3.18. The van der Waals surface area contributed by atoms with Gasteiger partial charge in [0.2, 0.25) is 0 Å². The monoisotopic (exact) mass is 155 g/mol. The van der Waals surface area contributed by atoms with E-state index in [-0.39, 0.29) is 5.76 Å². The van der Waals surface area contributed by atoms with Crippen molar-refractivity contribution in [3.8, 4) is 0 Å². The summed E-state index contributed by atoms with van der Waals surface area (Å²) in [5.41, 5.74) is 0.366. The SMILES string of the molecule is COC1=C(N=O)CCC(O)=C1. The molecule has 0 bridgehead atoms. The van der Waals surface area contributed by atoms with Crippen LogP contribution in [0.25, 0.3) is 0 Å². The number of methoxy groups -OCH3 is 1. The summed E-state index contributed by atoms with van der Waals surface area (Å²) in [5.74, 6) is 0.595. The van der Waals surface area contributed by atoms with Crippen molar-refractivity contribution in [1.29, 1.82) is 0 Å². The predicted molar refractivity (Wildman–Crippen MR) is 39.8 cm³/mol. The molecule has 0 aromatic carbocycles. The van der Waals surface area contributed by atoms with E-state index in [1.807, 2.05) is 0 Å². The number of hydrogen-bond donors (Lipinski definition) is 1. The van der Waals surface area contributed by atoms with Crippen LogP contribution in [0, 0.1) is 4.91 Å². The second-order valence-corrected chi connectivity index (χ2v) is 2.24. The highest BCUT2D eigenvalue weighted by Crippen LogP contribution is 2.23. The maximum atomic E-state index is 10.1. The van der Waals surface area contributed by atoms with Crippen molar-refractivity contribution in [2.75, 3.05) is 7.11 Å². The van der Waals surface area contributed by atoms with E-state index in [4.69, 9.17) is 9.84 Å². The molecule has 0 heterocycles. The van der Waals surface area contributed by atoms with Crippen molar-refractivity contribution >= 4 is 0 Å². The molecule has 0 aliphatic heterocycles. The molecule has 0 aromatic heterocycles. The lowest BCUT2D eigenvalue weighted by atomic mass is 10.1. The predicted octanol–water partition coefficient (Wildman–Crippen LogP) is 1.85.